The van der Waals surface area contributed by atoms with Gasteiger partial charge in [0.1, 0.15) is 0 Å². The molecule has 7 heteroatoms. The third kappa shape index (κ3) is 3.87. The number of thiocarbonyl (C=S) groups is 1. The number of hydrogen-bond donors (Lipinski definition) is 1. The Bertz CT molecular complexity index is 987. The largest absolute Gasteiger partial charge is 0.348 e. The highest BCUT2D eigenvalue weighted by Crippen LogP contribution is 2.37. The zero-order valence-corrected chi connectivity index (χ0v) is 18.1. The van der Waals surface area contributed by atoms with Crippen LogP contribution in [0.2, 0.25) is 10.0 Å². The predicted octanol–water partition coefficient (Wildman–Crippen LogP) is 6.36. The molecule has 0 bridgehead atoms. The number of hydrogen-bond acceptors (Lipinski definition) is 1. The summed E-state index contributed by atoms with van der Waals surface area (Å²) in [6.07, 6.45) is 2.09. The molecule has 27 heavy (non-hydrogen) atoms. The Balaban J connectivity index is 1.70. The minimum atomic E-state index is -0.0750. The van der Waals surface area contributed by atoms with Crippen LogP contribution < -0.4 is 5.32 Å². The molecule has 1 atom stereocenters. The van der Waals surface area contributed by atoms with Gasteiger partial charge in [-0.15, -0.1) is 0 Å². The summed E-state index contributed by atoms with van der Waals surface area (Å²) in [7, 11) is 0. The lowest BCUT2D eigenvalue weighted by molar-refractivity contribution is 0.293. The highest BCUT2D eigenvalue weighted by atomic mass is 79.9. The first-order chi connectivity index (χ1) is 13.0. The maximum Gasteiger partial charge on any atom is 0.174 e. The first-order valence-corrected chi connectivity index (χ1v) is 10.4. The van der Waals surface area contributed by atoms with Crippen molar-refractivity contribution in [2.24, 2.45) is 0 Å². The van der Waals surface area contributed by atoms with Crippen LogP contribution in [0, 0.1) is 0 Å². The van der Waals surface area contributed by atoms with E-state index in [9.17, 15) is 0 Å². The van der Waals surface area contributed by atoms with Gasteiger partial charge in [-0.3, -0.25) is 0 Å². The maximum atomic E-state index is 6.55. The average Bonchev–Trinajstić information content (AvgIpc) is 3.12. The molecule has 0 saturated carbocycles. The number of fused-ring (bicyclic) bond motifs is 1. The lowest BCUT2D eigenvalue weighted by Crippen LogP contribution is -2.44. The van der Waals surface area contributed by atoms with Crippen LogP contribution >= 0.6 is 51.3 Å². The van der Waals surface area contributed by atoms with Crippen LogP contribution in [0.5, 0.6) is 0 Å². The van der Waals surface area contributed by atoms with E-state index in [2.05, 4.69) is 49.0 Å². The second-order valence-electron chi connectivity index (χ2n) is 6.33. The monoisotopic (exact) mass is 479 g/mol. The van der Waals surface area contributed by atoms with Gasteiger partial charge >= 0.3 is 0 Å². The van der Waals surface area contributed by atoms with Crippen molar-refractivity contribution in [2.75, 3.05) is 11.9 Å². The lowest BCUT2D eigenvalue weighted by atomic mass is 10.00. The van der Waals surface area contributed by atoms with Gasteiger partial charge in [-0.25, -0.2) is 0 Å². The molecular formula is C20H16BrCl2N3S. The van der Waals surface area contributed by atoms with Crippen LogP contribution in [0.4, 0.5) is 5.69 Å². The number of rotatable bonds is 2. The fourth-order valence-corrected chi connectivity index (χ4v) is 4.47. The molecule has 4 rings (SSSR count). The van der Waals surface area contributed by atoms with E-state index in [-0.39, 0.29) is 6.04 Å². The van der Waals surface area contributed by atoms with Gasteiger partial charge in [-0.05, 0) is 66.3 Å². The third-order valence-corrected chi connectivity index (χ3v) is 6.08. The number of nitrogens with one attached hydrogen (secondary N) is 1. The Hall–Kier alpha value is -1.53. The Labute approximate surface area is 182 Å². The fourth-order valence-electron chi connectivity index (χ4n) is 3.38. The number of aromatic nitrogens is 1. The van der Waals surface area contributed by atoms with E-state index >= 15 is 0 Å². The standard InChI is InChI=1S/C20H16BrCl2N3S/c21-13-3-6-15(7-4-13)24-20(27)26-11-10-25-9-1-2-18(25)19(26)16-8-5-14(22)12-17(16)23/h1-9,12,19H,10-11H2,(H,24,27)/t19-/m0/s1. The van der Waals surface area contributed by atoms with Crippen molar-refractivity contribution < 1.29 is 0 Å². The molecule has 0 spiro atoms. The van der Waals surface area contributed by atoms with E-state index in [1.54, 1.807) is 6.07 Å². The maximum absolute atomic E-state index is 6.55. The molecule has 0 radical (unpaired) electrons. The minimum Gasteiger partial charge on any atom is -0.348 e. The highest BCUT2D eigenvalue weighted by Gasteiger charge is 2.32. The van der Waals surface area contributed by atoms with Gasteiger partial charge in [0.15, 0.2) is 5.11 Å². The van der Waals surface area contributed by atoms with Crippen molar-refractivity contribution in [1.82, 2.24) is 9.47 Å². The molecule has 1 aromatic heterocycles. The van der Waals surface area contributed by atoms with Crippen molar-refractivity contribution in [2.45, 2.75) is 12.6 Å². The van der Waals surface area contributed by atoms with E-state index < -0.39 is 0 Å². The summed E-state index contributed by atoms with van der Waals surface area (Å²) < 4.78 is 3.27. The summed E-state index contributed by atoms with van der Waals surface area (Å²) in [5, 5.41) is 5.28. The first kappa shape index (κ1) is 18.8. The van der Waals surface area contributed by atoms with Gasteiger partial charge in [0.25, 0.3) is 0 Å². The van der Waals surface area contributed by atoms with E-state index in [1.165, 1.54) is 0 Å². The molecule has 138 valence electrons. The molecule has 0 amide bonds. The van der Waals surface area contributed by atoms with Gasteiger partial charge in [-0.1, -0.05) is 45.2 Å². The molecule has 1 aliphatic rings. The second kappa shape index (κ2) is 7.84. The molecule has 0 aliphatic carbocycles. The second-order valence-corrected chi connectivity index (χ2v) is 8.47. The molecule has 3 aromatic rings. The number of nitrogens with zero attached hydrogens (tertiary/aromatic N) is 2. The average molecular weight is 481 g/mol. The molecule has 1 aliphatic heterocycles. The summed E-state index contributed by atoms with van der Waals surface area (Å²) in [6, 6.07) is 17.7. The van der Waals surface area contributed by atoms with E-state index in [0.29, 0.717) is 15.2 Å². The molecule has 3 nitrogen and oxygen atoms in total. The SMILES string of the molecule is S=C(Nc1ccc(Br)cc1)N1CCn2cccc2[C@@H]1c1ccc(Cl)cc1Cl. The summed E-state index contributed by atoms with van der Waals surface area (Å²) in [4.78, 5) is 2.18. The highest BCUT2D eigenvalue weighted by molar-refractivity contribution is 9.10. The lowest BCUT2D eigenvalue weighted by Gasteiger charge is -2.39. The predicted molar refractivity (Wildman–Crippen MR) is 120 cm³/mol. The van der Waals surface area contributed by atoms with Gasteiger partial charge < -0.3 is 14.8 Å². The zero-order valence-electron chi connectivity index (χ0n) is 14.2. The Morgan fingerprint density at radius 1 is 1.07 bits per heavy atom. The molecule has 2 aromatic carbocycles. The zero-order chi connectivity index (χ0) is 19.0. The van der Waals surface area contributed by atoms with Gasteiger partial charge in [0, 0.05) is 45.2 Å². The van der Waals surface area contributed by atoms with Crippen molar-refractivity contribution >= 4 is 62.1 Å². The Morgan fingerprint density at radius 2 is 1.85 bits per heavy atom. The van der Waals surface area contributed by atoms with Crippen LogP contribution in [0.25, 0.3) is 0 Å². The number of anilines is 1. The number of halogens is 3. The molecule has 0 fully saturated rings. The van der Waals surface area contributed by atoms with Crippen LogP contribution in [-0.2, 0) is 6.54 Å². The van der Waals surface area contributed by atoms with Crippen LogP contribution in [0.15, 0.2) is 65.3 Å². The molecule has 2 heterocycles. The van der Waals surface area contributed by atoms with Crippen LogP contribution in [-0.4, -0.2) is 21.1 Å². The van der Waals surface area contributed by atoms with E-state index in [1.807, 2.05) is 36.4 Å². The Morgan fingerprint density at radius 3 is 2.59 bits per heavy atom. The normalized spacial score (nSPS) is 16.1. The molecule has 0 saturated heterocycles. The van der Waals surface area contributed by atoms with Crippen LogP contribution in [0.3, 0.4) is 0 Å². The van der Waals surface area contributed by atoms with Crippen molar-refractivity contribution in [3.8, 4) is 0 Å². The van der Waals surface area contributed by atoms with Crippen molar-refractivity contribution in [3.05, 3.63) is 86.6 Å². The summed E-state index contributed by atoms with van der Waals surface area (Å²) in [5.74, 6) is 0. The molecule has 1 N–H and O–H groups in total. The molecule has 0 unspecified atom stereocenters. The fraction of sp³-hybridized carbons (Fsp3) is 0.150. The first-order valence-electron chi connectivity index (χ1n) is 8.46. The van der Waals surface area contributed by atoms with Crippen molar-refractivity contribution in [1.29, 1.82) is 0 Å². The van der Waals surface area contributed by atoms with Gasteiger partial charge in [0.2, 0.25) is 0 Å². The van der Waals surface area contributed by atoms with Gasteiger partial charge in [-0.2, -0.15) is 0 Å². The number of benzene rings is 2. The third-order valence-electron chi connectivity index (χ3n) is 4.65. The smallest absolute Gasteiger partial charge is 0.174 e. The van der Waals surface area contributed by atoms with E-state index in [4.69, 9.17) is 35.4 Å². The Kier molecular flexibility index (Phi) is 5.46. The van der Waals surface area contributed by atoms with E-state index in [0.717, 1.165) is 34.5 Å². The summed E-state index contributed by atoms with van der Waals surface area (Å²) >= 11 is 21.9. The van der Waals surface area contributed by atoms with Gasteiger partial charge in [0.05, 0.1) is 6.04 Å². The van der Waals surface area contributed by atoms with Crippen LogP contribution in [0.1, 0.15) is 17.3 Å². The molecular weight excluding hydrogens is 465 g/mol. The van der Waals surface area contributed by atoms with Crippen molar-refractivity contribution in [3.63, 3.8) is 0 Å². The topological polar surface area (TPSA) is 20.2 Å². The minimum absolute atomic E-state index is 0.0750. The summed E-state index contributed by atoms with van der Waals surface area (Å²) in [5.41, 5.74) is 3.09. The summed E-state index contributed by atoms with van der Waals surface area (Å²) in [6.45, 7) is 1.65. The quantitative estimate of drug-likeness (QED) is 0.431.